The maximum absolute atomic E-state index is 4.19. The van der Waals surface area contributed by atoms with Gasteiger partial charge in [0.2, 0.25) is 0 Å². The fourth-order valence-corrected chi connectivity index (χ4v) is 1.91. The molecular formula is C12H19N3. The minimum atomic E-state index is 1.05. The Morgan fingerprint density at radius 1 is 1.27 bits per heavy atom. The molecule has 1 saturated heterocycles. The Balaban J connectivity index is 1.95. The van der Waals surface area contributed by atoms with E-state index in [1.54, 1.807) is 0 Å². The van der Waals surface area contributed by atoms with Gasteiger partial charge in [0.25, 0.3) is 0 Å². The number of piperazine rings is 1. The predicted molar refractivity (Wildman–Crippen MR) is 61.7 cm³/mol. The highest BCUT2D eigenvalue weighted by Crippen LogP contribution is 2.10. The molecule has 82 valence electrons. The molecule has 0 spiro atoms. The average Bonchev–Trinajstić information content (AvgIpc) is 2.25. The van der Waals surface area contributed by atoms with Gasteiger partial charge in [0, 0.05) is 45.1 Å². The van der Waals surface area contributed by atoms with E-state index in [1.807, 2.05) is 12.4 Å². The Kier molecular flexibility index (Phi) is 3.34. The number of aryl methyl sites for hydroxylation is 1. The highest BCUT2D eigenvalue weighted by molar-refractivity contribution is 5.21. The summed E-state index contributed by atoms with van der Waals surface area (Å²) in [6, 6.07) is 2.09. The fourth-order valence-electron chi connectivity index (χ4n) is 1.91. The van der Waals surface area contributed by atoms with E-state index in [9.17, 15) is 0 Å². The number of aromatic nitrogens is 1. The third-order valence-electron chi connectivity index (χ3n) is 3.14. The lowest BCUT2D eigenvalue weighted by Crippen LogP contribution is -2.43. The zero-order valence-corrected chi connectivity index (χ0v) is 9.61. The molecule has 0 bridgehead atoms. The number of likely N-dealkylation sites (N-methyl/N-ethyl adjacent to an activating group) is 1. The van der Waals surface area contributed by atoms with Gasteiger partial charge in [-0.1, -0.05) is 0 Å². The standard InChI is InChI=1S/C12H19N3/c1-11-3-4-13-9-12(11)10-15-7-5-14(2)6-8-15/h3-4,9H,5-8,10H2,1-2H3. The molecule has 0 aromatic carbocycles. The van der Waals surface area contributed by atoms with Crippen molar-refractivity contribution in [2.45, 2.75) is 13.5 Å². The smallest absolute Gasteiger partial charge is 0.0315 e. The van der Waals surface area contributed by atoms with Crippen LogP contribution in [0.2, 0.25) is 0 Å². The van der Waals surface area contributed by atoms with E-state index < -0.39 is 0 Å². The Labute approximate surface area is 91.7 Å². The number of nitrogens with zero attached hydrogens (tertiary/aromatic N) is 3. The number of hydrogen-bond donors (Lipinski definition) is 0. The summed E-state index contributed by atoms with van der Waals surface area (Å²) in [5.41, 5.74) is 2.71. The van der Waals surface area contributed by atoms with Crippen LogP contribution in [0.4, 0.5) is 0 Å². The molecule has 1 aromatic rings. The summed E-state index contributed by atoms with van der Waals surface area (Å²) in [7, 11) is 2.19. The molecule has 1 aliphatic heterocycles. The number of pyridine rings is 1. The third kappa shape index (κ3) is 2.76. The van der Waals surface area contributed by atoms with Gasteiger partial charge in [0.05, 0.1) is 0 Å². The van der Waals surface area contributed by atoms with Crippen LogP contribution in [0.15, 0.2) is 18.5 Å². The molecule has 0 unspecified atom stereocenters. The van der Waals surface area contributed by atoms with Gasteiger partial charge in [-0.2, -0.15) is 0 Å². The van der Waals surface area contributed by atoms with Crippen molar-refractivity contribution in [1.82, 2.24) is 14.8 Å². The molecule has 0 N–H and O–H groups in total. The topological polar surface area (TPSA) is 19.4 Å². The minimum absolute atomic E-state index is 1.05. The van der Waals surface area contributed by atoms with Gasteiger partial charge in [-0.05, 0) is 31.2 Å². The predicted octanol–water partition coefficient (Wildman–Crippen LogP) is 1.14. The molecule has 0 amide bonds. The average molecular weight is 205 g/mol. The van der Waals surface area contributed by atoms with Crippen LogP contribution in [0.3, 0.4) is 0 Å². The van der Waals surface area contributed by atoms with Gasteiger partial charge < -0.3 is 4.90 Å². The molecule has 1 aromatic heterocycles. The summed E-state index contributed by atoms with van der Waals surface area (Å²) < 4.78 is 0. The summed E-state index contributed by atoms with van der Waals surface area (Å²) in [5, 5.41) is 0. The molecule has 1 aliphatic rings. The number of rotatable bonds is 2. The summed E-state index contributed by atoms with van der Waals surface area (Å²) in [4.78, 5) is 9.07. The van der Waals surface area contributed by atoms with Crippen molar-refractivity contribution < 1.29 is 0 Å². The van der Waals surface area contributed by atoms with Crippen molar-refractivity contribution in [3.05, 3.63) is 29.6 Å². The van der Waals surface area contributed by atoms with E-state index in [-0.39, 0.29) is 0 Å². The monoisotopic (exact) mass is 205 g/mol. The second-order valence-corrected chi connectivity index (χ2v) is 4.38. The van der Waals surface area contributed by atoms with Gasteiger partial charge in [0.1, 0.15) is 0 Å². The van der Waals surface area contributed by atoms with Crippen LogP contribution in [-0.2, 0) is 6.54 Å². The van der Waals surface area contributed by atoms with E-state index >= 15 is 0 Å². The zero-order chi connectivity index (χ0) is 10.7. The first-order valence-corrected chi connectivity index (χ1v) is 5.56. The Morgan fingerprint density at radius 2 is 2.00 bits per heavy atom. The van der Waals surface area contributed by atoms with Crippen molar-refractivity contribution >= 4 is 0 Å². The fraction of sp³-hybridized carbons (Fsp3) is 0.583. The molecule has 0 atom stereocenters. The Hall–Kier alpha value is -0.930. The van der Waals surface area contributed by atoms with Crippen molar-refractivity contribution in [3.63, 3.8) is 0 Å². The molecule has 3 heteroatoms. The zero-order valence-electron chi connectivity index (χ0n) is 9.61. The van der Waals surface area contributed by atoms with Gasteiger partial charge in [-0.15, -0.1) is 0 Å². The second kappa shape index (κ2) is 4.73. The van der Waals surface area contributed by atoms with Crippen molar-refractivity contribution in [3.8, 4) is 0 Å². The van der Waals surface area contributed by atoms with E-state index in [1.165, 1.54) is 37.3 Å². The molecule has 0 radical (unpaired) electrons. The van der Waals surface area contributed by atoms with Crippen LogP contribution in [-0.4, -0.2) is 48.0 Å². The van der Waals surface area contributed by atoms with Crippen LogP contribution >= 0.6 is 0 Å². The molecule has 1 fully saturated rings. The van der Waals surface area contributed by atoms with Crippen molar-refractivity contribution in [1.29, 1.82) is 0 Å². The Morgan fingerprint density at radius 3 is 2.67 bits per heavy atom. The first kappa shape index (κ1) is 10.6. The maximum atomic E-state index is 4.19. The summed E-state index contributed by atoms with van der Waals surface area (Å²) in [5.74, 6) is 0. The van der Waals surface area contributed by atoms with Crippen molar-refractivity contribution in [2.75, 3.05) is 33.2 Å². The lowest BCUT2D eigenvalue weighted by molar-refractivity contribution is 0.148. The van der Waals surface area contributed by atoms with E-state index in [0.717, 1.165) is 6.54 Å². The lowest BCUT2D eigenvalue weighted by atomic mass is 10.1. The van der Waals surface area contributed by atoms with Crippen LogP contribution in [0, 0.1) is 6.92 Å². The van der Waals surface area contributed by atoms with Crippen LogP contribution in [0.1, 0.15) is 11.1 Å². The van der Waals surface area contributed by atoms with Gasteiger partial charge in [-0.25, -0.2) is 0 Å². The van der Waals surface area contributed by atoms with Crippen LogP contribution in [0.25, 0.3) is 0 Å². The highest BCUT2D eigenvalue weighted by atomic mass is 15.2. The molecule has 2 heterocycles. The summed E-state index contributed by atoms with van der Waals surface area (Å²) in [6.45, 7) is 7.91. The molecule has 3 nitrogen and oxygen atoms in total. The molecule has 15 heavy (non-hydrogen) atoms. The van der Waals surface area contributed by atoms with Gasteiger partial charge >= 0.3 is 0 Å². The molecule has 0 aliphatic carbocycles. The van der Waals surface area contributed by atoms with Crippen LogP contribution < -0.4 is 0 Å². The van der Waals surface area contributed by atoms with E-state index in [2.05, 4.69) is 34.8 Å². The summed E-state index contributed by atoms with van der Waals surface area (Å²) >= 11 is 0. The largest absolute Gasteiger partial charge is 0.304 e. The van der Waals surface area contributed by atoms with Gasteiger partial charge in [-0.3, -0.25) is 9.88 Å². The van der Waals surface area contributed by atoms with E-state index in [0.29, 0.717) is 0 Å². The third-order valence-corrected chi connectivity index (χ3v) is 3.14. The normalized spacial score (nSPS) is 19.3. The summed E-state index contributed by atoms with van der Waals surface area (Å²) in [6.07, 6.45) is 3.86. The second-order valence-electron chi connectivity index (χ2n) is 4.38. The maximum Gasteiger partial charge on any atom is 0.0315 e. The molecule has 0 saturated carbocycles. The van der Waals surface area contributed by atoms with Gasteiger partial charge in [0.15, 0.2) is 0 Å². The van der Waals surface area contributed by atoms with Crippen LogP contribution in [0.5, 0.6) is 0 Å². The molecular weight excluding hydrogens is 186 g/mol. The first-order valence-electron chi connectivity index (χ1n) is 5.56. The lowest BCUT2D eigenvalue weighted by Gasteiger charge is -2.32. The van der Waals surface area contributed by atoms with Crippen molar-refractivity contribution in [2.24, 2.45) is 0 Å². The SMILES string of the molecule is Cc1ccncc1CN1CCN(C)CC1. The van der Waals surface area contributed by atoms with E-state index in [4.69, 9.17) is 0 Å². The number of hydrogen-bond acceptors (Lipinski definition) is 3. The highest BCUT2D eigenvalue weighted by Gasteiger charge is 2.14. The first-order chi connectivity index (χ1) is 7.25. The molecule has 2 rings (SSSR count). The Bertz CT molecular complexity index is 316. The minimum Gasteiger partial charge on any atom is -0.304 e. The quantitative estimate of drug-likeness (QED) is 0.721.